The molecular formula is C16H20FN3O. The van der Waals surface area contributed by atoms with Crippen molar-refractivity contribution in [3.05, 3.63) is 48.0 Å². The third-order valence-electron chi connectivity index (χ3n) is 3.29. The molecular weight excluding hydrogens is 269 g/mol. The number of carbonyl (C=O) groups is 1. The lowest BCUT2D eigenvalue weighted by atomic mass is 10.1. The maximum absolute atomic E-state index is 12.9. The lowest BCUT2D eigenvalue weighted by molar-refractivity contribution is 0.0783. The minimum Gasteiger partial charge on any atom is -0.340 e. The molecule has 4 nitrogen and oxygen atoms in total. The molecule has 0 atom stereocenters. The fourth-order valence-corrected chi connectivity index (χ4v) is 1.92. The van der Waals surface area contributed by atoms with Gasteiger partial charge in [-0.3, -0.25) is 4.79 Å². The van der Waals surface area contributed by atoms with Crippen LogP contribution in [0.15, 0.2) is 36.5 Å². The molecule has 1 amide bonds. The van der Waals surface area contributed by atoms with Gasteiger partial charge < -0.3 is 4.90 Å². The van der Waals surface area contributed by atoms with Crippen LogP contribution in [-0.4, -0.2) is 34.2 Å². The zero-order chi connectivity index (χ0) is 15.4. The number of benzene rings is 1. The van der Waals surface area contributed by atoms with Gasteiger partial charge in [0.25, 0.3) is 5.91 Å². The molecule has 112 valence electrons. The van der Waals surface area contributed by atoms with Gasteiger partial charge in [-0.1, -0.05) is 13.8 Å². The zero-order valence-electron chi connectivity index (χ0n) is 12.6. The molecule has 0 spiro atoms. The molecule has 0 saturated heterocycles. The number of rotatable bonds is 5. The summed E-state index contributed by atoms with van der Waals surface area (Å²) in [6.07, 6.45) is 2.66. The van der Waals surface area contributed by atoms with E-state index in [4.69, 9.17) is 0 Å². The van der Waals surface area contributed by atoms with Crippen LogP contribution in [0.25, 0.3) is 5.69 Å². The van der Waals surface area contributed by atoms with Gasteiger partial charge in [-0.15, -0.1) is 0 Å². The van der Waals surface area contributed by atoms with Crippen molar-refractivity contribution in [3.8, 4) is 5.69 Å². The van der Waals surface area contributed by atoms with Crippen LogP contribution in [0, 0.1) is 11.7 Å². The van der Waals surface area contributed by atoms with Crippen molar-refractivity contribution in [1.82, 2.24) is 14.7 Å². The highest BCUT2D eigenvalue weighted by atomic mass is 19.1. The van der Waals surface area contributed by atoms with Gasteiger partial charge in [0.15, 0.2) is 5.69 Å². The van der Waals surface area contributed by atoms with E-state index in [9.17, 15) is 9.18 Å². The molecule has 21 heavy (non-hydrogen) atoms. The van der Waals surface area contributed by atoms with Crippen molar-refractivity contribution in [2.45, 2.75) is 20.3 Å². The number of aromatic nitrogens is 2. The molecule has 0 unspecified atom stereocenters. The maximum Gasteiger partial charge on any atom is 0.274 e. The van der Waals surface area contributed by atoms with Gasteiger partial charge in [0.1, 0.15) is 5.82 Å². The Morgan fingerprint density at radius 1 is 1.29 bits per heavy atom. The second-order valence-corrected chi connectivity index (χ2v) is 5.53. The summed E-state index contributed by atoms with van der Waals surface area (Å²) in [5.41, 5.74) is 1.12. The predicted octanol–water partition coefficient (Wildman–Crippen LogP) is 3.13. The molecule has 0 saturated carbocycles. The molecule has 0 fully saturated rings. The fourth-order valence-electron chi connectivity index (χ4n) is 1.92. The van der Waals surface area contributed by atoms with Crippen molar-refractivity contribution in [2.24, 2.45) is 5.92 Å². The minimum absolute atomic E-state index is 0.100. The summed E-state index contributed by atoms with van der Waals surface area (Å²) >= 11 is 0. The molecule has 1 aromatic heterocycles. The summed E-state index contributed by atoms with van der Waals surface area (Å²) in [4.78, 5) is 13.9. The molecule has 2 aromatic rings. The van der Waals surface area contributed by atoms with Crippen molar-refractivity contribution in [2.75, 3.05) is 13.6 Å². The van der Waals surface area contributed by atoms with Crippen LogP contribution in [0.2, 0.25) is 0 Å². The Hall–Kier alpha value is -2.17. The van der Waals surface area contributed by atoms with Gasteiger partial charge in [-0.25, -0.2) is 9.07 Å². The van der Waals surface area contributed by atoms with Crippen molar-refractivity contribution in [3.63, 3.8) is 0 Å². The number of halogens is 1. The summed E-state index contributed by atoms with van der Waals surface area (Å²) < 4.78 is 14.5. The van der Waals surface area contributed by atoms with Crippen LogP contribution in [0.3, 0.4) is 0 Å². The monoisotopic (exact) mass is 289 g/mol. The summed E-state index contributed by atoms with van der Waals surface area (Å²) in [5.74, 6) is 0.157. The fraction of sp³-hybridized carbons (Fsp3) is 0.375. The predicted molar refractivity (Wildman–Crippen MR) is 79.9 cm³/mol. The highest BCUT2D eigenvalue weighted by Crippen LogP contribution is 2.10. The normalized spacial score (nSPS) is 10.9. The topological polar surface area (TPSA) is 38.1 Å². The standard InChI is InChI=1S/C16H20FN3O/c1-12(2)8-10-19(3)16(21)15-9-11-20(18-15)14-6-4-13(17)5-7-14/h4-7,9,11-12H,8,10H2,1-3H3. The average molecular weight is 289 g/mol. The third-order valence-corrected chi connectivity index (χ3v) is 3.29. The van der Waals surface area contributed by atoms with E-state index in [0.717, 1.165) is 12.1 Å². The second-order valence-electron chi connectivity index (χ2n) is 5.53. The highest BCUT2D eigenvalue weighted by Gasteiger charge is 2.15. The smallest absolute Gasteiger partial charge is 0.274 e. The quantitative estimate of drug-likeness (QED) is 0.848. The Morgan fingerprint density at radius 2 is 1.95 bits per heavy atom. The lowest BCUT2D eigenvalue weighted by Crippen LogP contribution is -2.28. The van der Waals surface area contributed by atoms with Gasteiger partial charge in [0.05, 0.1) is 5.69 Å². The van der Waals surface area contributed by atoms with Crippen molar-refractivity contribution >= 4 is 5.91 Å². The van der Waals surface area contributed by atoms with E-state index < -0.39 is 0 Å². The van der Waals surface area contributed by atoms with Gasteiger partial charge in [0, 0.05) is 19.8 Å². The van der Waals surface area contributed by atoms with Crippen molar-refractivity contribution in [1.29, 1.82) is 0 Å². The van der Waals surface area contributed by atoms with E-state index in [2.05, 4.69) is 18.9 Å². The Kier molecular flexibility index (Phi) is 4.73. The van der Waals surface area contributed by atoms with Gasteiger partial charge >= 0.3 is 0 Å². The Morgan fingerprint density at radius 3 is 2.57 bits per heavy atom. The molecule has 0 bridgehead atoms. The van der Waals surface area contributed by atoms with Gasteiger partial charge in [-0.05, 0) is 42.7 Å². The first-order valence-corrected chi connectivity index (χ1v) is 7.04. The number of nitrogens with zero attached hydrogens (tertiary/aromatic N) is 3. The van der Waals surface area contributed by atoms with E-state index in [1.54, 1.807) is 41.0 Å². The first-order chi connectivity index (χ1) is 9.97. The number of hydrogen-bond donors (Lipinski definition) is 0. The summed E-state index contributed by atoms with van der Waals surface area (Å²) in [6.45, 7) is 4.96. The third kappa shape index (κ3) is 3.90. The molecule has 1 heterocycles. The SMILES string of the molecule is CC(C)CCN(C)C(=O)c1ccn(-c2ccc(F)cc2)n1. The van der Waals surface area contributed by atoms with Crippen LogP contribution >= 0.6 is 0 Å². The first kappa shape index (κ1) is 15.2. The molecule has 0 N–H and O–H groups in total. The van der Waals surface area contributed by atoms with Crippen LogP contribution < -0.4 is 0 Å². The summed E-state index contributed by atoms with van der Waals surface area (Å²) in [7, 11) is 1.78. The van der Waals surface area contributed by atoms with E-state index in [1.807, 2.05) is 0 Å². The lowest BCUT2D eigenvalue weighted by Gasteiger charge is -2.16. The largest absolute Gasteiger partial charge is 0.340 e. The molecule has 0 aliphatic rings. The first-order valence-electron chi connectivity index (χ1n) is 7.04. The number of amides is 1. The second kappa shape index (κ2) is 6.52. The van der Waals surface area contributed by atoms with Gasteiger partial charge in [-0.2, -0.15) is 5.10 Å². The molecule has 5 heteroatoms. The van der Waals surface area contributed by atoms with Gasteiger partial charge in [0.2, 0.25) is 0 Å². The van der Waals surface area contributed by atoms with E-state index in [-0.39, 0.29) is 11.7 Å². The van der Waals surface area contributed by atoms with Crippen LogP contribution in [0.1, 0.15) is 30.8 Å². The van der Waals surface area contributed by atoms with Crippen LogP contribution in [0.4, 0.5) is 4.39 Å². The molecule has 1 aromatic carbocycles. The zero-order valence-corrected chi connectivity index (χ0v) is 12.6. The maximum atomic E-state index is 12.9. The molecule has 2 rings (SSSR count). The van der Waals surface area contributed by atoms with E-state index in [0.29, 0.717) is 18.2 Å². The molecule has 0 radical (unpaired) electrons. The Labute approximate surface area is 124 Å². The Bertz CT molecular complexity index is 604. The highest BCUT2D eigenvalue weighted by molar-refractivity contribution is 5.92. The van der Waals surface area contributed by atoms with Crippen LogP contribution in [0.5, 0.6) is 0 Å². The number of carbonyl (C=O) groups excluding carboxylic acids is 1. The van der Waals surface area contributed by atoms with E-state index >= 15 is 0 Å². The Balaban J connectivity index is 2.08. The summed E-state index contributed by atoms with van der Waals surface area (Å²) in [5, 5.41) is 4.26. The van der Waals surface area contributed by atoms with Crippen LogP contribution in [-0.2, 0) is 0 Å². The average Bonchev–Trinajstić information content (AvgIpc) is 2.94. The van der Waals surface area contributed by atoms with Crippen molar-refractivity contribution < 1.29 is 9.18 Å². The van der Waals surface area contributed by atoms with E-state index in [1.165, 1.54) is 12.1 Å². The summed E-state index contributed by atoms with van der Waals surface area (Å²) in [6, 6.07) is 7.66. The minimum atomic E-state index is -0.296. The molecule has 0 aliphatic carbocycles. The number of hydrogen-bond acceptors (Lipinski definition) is 2. The molecule has 0 aliphatic heterocycles.